The third kappa shape index (κ3) is 4.09. The summed E-state index contributed by atoms with van der Waals surface area (Å²) in [4.78, 5) is 26.4. The highest BCUT2D eigenvalue weighted by molar-refractivity contribution is 5.82. The van der Waals surface area contributed by atoms with Crippen molar-refractivity contribution in [1.82, 2.24) is 10.2 Å². The van der Waals surface area contributed by atoms with E-state index in [0.717, 1.165) is 38.6 Å². The first-order valence-electron chi connectivity index (χ1n) is 10.8. The Morgan fingerprint density at radius 1 is 1.33 bits per heavy atom. The molecule has 4 aliphatic rings. The standard InChI is InChI=1S/C22H26N2O3.C2H6O.H2/c25-15-21-8-17-10-22(17,14-21)18(9-21)11-23-20(26)19-13-24(6-7-27-19)12-16-4-2-1-3-5-16;1-3-2;/h1-5,11,15,17,19H,6-10,12-14H2,(H,23,26);1-2H3;1H/t17?,19?,21-,22?;;/m1../s1. The van der Waals surface area contributed by atoms with Gasteiger partial charge < -0.3 is 19.6 Å². The normalized spacial score (nSPS) is 35.3. The number of carbonyl (C=O) groups excluding carboxylic acids is 2. The lowest BCUT2D eigenvalue weighted by Gasteiger charge is -2.32. The first kappa shape index (κ1) is 21.2. The maximum atomic E-state index is 12.6. The Morgan fingerprint density at radius 2 is 2.10 bits per heavy atom. The van der Waals surface area contributed by atoms with Gasteiger partial charge in [0.2, 0.25) is 0 Å². The molecular weight excluding hydrogens is 380 g/mol. The van der Waals surface area contributed by atoms with Gasteiger partial charge in [-0.1, -0.05) is 30.3 Å². The van der Waals surface area contributed by atoms with Crippen LogP contribution in [0.3, 0.4) is 0 Å². The molecule has 3 unspecified atom stereocenters. The van der Waals surface area contributed by atoms with E-state index in [4.69, 9.17) is 4.74 Å². The fraction of sp³-hybridized carbons (Fsp3) is 0.583. The minimum Gasteiger partial charge on any atom is -0.388 e. The van der Waals surface area contributed by atoms with Gasteiger partial charge in [-0.25, -0.2) is 0 Å². The van der Waals surface area contributed by atoms with Gasteiger partial charge in [-0.2, -0.15) is 0 Å². The molecule has 1 aromatic carbocycles. The third-order valence-corrected chi connectivity index (χ3v) is 7.07. The minimum absolute atomic E-state index is 0. The number of rotatable bonds is 5. The zero-order valence-electron chi connectivity index (χ0n) is 17.9. The van der Waals surface area contributed by atoms with E-state index < -0.39 is 6.10 Å². The zero-order chi connectivity index (χ0) is 21.2. The number of nitrogens with zero attached hydrogens (tertiary/aromatic N) is 1. The van der Waals surface area contributed by atoms with Crippen LogP contribution in [0.4, 0.5) is 0 Å². The minimum atomic E-state index is -0.439. The average Bonchev–Trinajstić information content (AvgIpc) is 3.24. The summed E-state index contributed by atoms with van der Waals surface area (Å²) in [6.07, 6.45) is 6.66. The first-order valence-corrected chi connectivity index (χ1v) is 10.8. The number of aldehydes is 1. The van der Waals surface area contributed by atoms with Crippen LogP contribution in [0.2, 0.25) is 0 Å². The van der Waals surface area contributed by atoms with E-state index in [9.17, 15) is 9.59 Å². The Morgan fingerprint density at radius 3 is 2.80 bits per heavy atom. The van der Waals surface area contributed by atoms with E-state index in [0.29, 0.717) is 19.1 Å². The smallest absolute Gasteiger partial charge is 0.254 e. The molecular formula is C24H34N2O4. The molecule has 0 radical (unpaired) electrons. The average molecular weight is 415 g/mol. The number of hydrogen-bond donors (Lipinski definition) is 1. The fourth-order valence-electron chi connectivity index (χ4n) is 5.68. The van der Waals surface area contributed by atoms with Gasteiger partial charge in [0, 0.05) is 46.9 Å². The SMILES string of the molecule is COC.O=C[C@@]12CC(=CNC(=O)C3CN(Cc4ccccc4)CCO3)C3(CC3C1)C2.[HH]. The highest BCUT2D eigenvalue weighted by Gasteiger charge is 2.71. The number of nitrogens with one attached hydrogen (secondary N) is 1. The number of fused-ring (bicyclic) bond motifs is 1. The molecule has 4 atom stereocenters. The Hall–Kier alpha value is -2.02. The lowest BCUT2D eigenvalue weighted by molar-refractivity contribution is -0.137. The maximum Gasteiger partial charge on any atom is 0.254 e. The molecule has 0 aromatic heterocycles. The predicted octanol–water partition coefficient (Wildman–Crippen LogP) is 2.79. The fourth-order valence-corrected chi connectivity index (χ4v) is 5.68. The molecule has 1 saturated heterocycles. The van der Waals surface area contributed by atoms with Gasteiger partial charge in [-0.05, 0) is 48.2 Å². The van der Waals surface area contributed by atoms with Crippen molar-refractivity contribution in [2.75, 3.05) is 33.9 Å². The summed E-state index contributed by atoms with van der Waals surface area (Å²) in [6, 6.07) is 10.3. The van der Waals surface area contributed by atoms with Crippen LogP contribution in [0, 0.1) is 16.7 Å². The van der Waals surface area contributed by atoms with Gasteiger partial charge in [0.05, 0.1) is 6.61 Å². The van der Waals surface area contributed by atoms with Crippen LogP contribution < -0.4 is 5.32 Å². The van der Waals surface area contributed by atoms with Crippen LogP contribution in [0.15, 0.2) is 42.1 Å². The molecule has 3 saturated carbocycles. The third-order valence-electron chi connectivity index (χ3n) is 7.07. The van der Waals surface area contributed by atoms with Crippen molar-refractivity contribution in [1.29, 1.82) is 0 Å². The number of methoxy groups -OCH3 is 1. The predicted molar refractivity (Wildman–Crippen MR) is 116 cm³/mol. The maximum absolute atomic E-state index is 12.6. The van der Waals surface area contributed by atoms with Crippen LogP contribution in [-0.4, -0.2) is 57.1 Å². The Labute approximate surface area is 180 Å². The van der Waals surface area contributed by atoms with E-state index in [2.05, 4.69) is 27.1 Å². The number of allylic oxidation sites excluding steroid dienone is 1. The molecule has 3 aliphatic carbocycles. The van der Waals surface area contributed by atoms with E-state index >= 15 is 0 Å². The Bertz CT molecular complexity index is 817. The second-order valence-corrected chi connectivity index (χ2v) is 9.26. The van der Waals surface area contributed by atoms with Gasteiger partial charge in [-0.15, -0.1) is 0 Å². The first-order chi connectivity index (χ1) is 14.5. The van der Waals surface area contributed by atoms with Gasteiger partial charge in [0.25, 0.3) is 5.91 Å². The number of carbonyl (C=O) groups is 2. The van der Waals surface area contributed by atoms with Crippen molar-refractivity contribution in [2.45, 2.75) is 38.3 Å². The lowest BCUT2D eigenvalue weighted by Crippen LogP contribution is -2.48. The highest BCUT2D eigenvalue weighted by atomic mass is 16.5. The molecule has 1 aromatic rings. The molecule has 1 heterocycles. The van der Waals surface area contributed by atoms with E-state index in [-0.39, 0.29) is 18.2 Å². The van der Waals surface area contributed by atoms with Gasteiger partial charge in [0.15, 0.2) is 0 Å². The van der Waals surface area contributed by atoms with E-state index in [1.165, 1.54) is 17.6 Å². The molecule has 6 heteroatoms. The summed E-state index contributed by atoms with van der Waals surface area (Å²) in [6.45, 7) is 2.85. The molecule has 1 aliphatic heterocycles. The van der Waals surface area contributed by atoms with Gasteiger partial charge in [0.1, 0.15) is 12.4 Å². The van der Waals surface area contributed by atoms with Crippen LogP contribution in [-0.2, 0) is 25.6 Å². The molecule has 1 N–H and O–H groups in total. The van der Waals surface area contributed by atoms with Crippen molar-refractivity contribution >= 4 is 12.2 Å². The molecule has 164 valence electrons. The van der Waals surface area contributed by atoms with Crippen molar-refractivity contribution in [2.24, 2.45) is 16.7 Å². The van der Waals surface area contributed by atoms with Crippen LogP contribution in [0.1, 0.15) is 32.7 Å². The topological polar surface area (TPSA) is 67.9 Å². The van der Waals surface area contributed by atoms with Gasteiger partial charge >= 0.3 is 0 Å². The van der Waals surface area contributed by atoms with Gasteiger partial charge in [-0.3, -0.25) is 9.69 Å². The number of ether oxygens (including phenoxy) is 2. The quantitative estimate of drug-likeness (QED) is 0.751. The van der Waals surface area contributed by atoms with E-state index in [1.54, 1.807) is 14.2 Å². The molecule has 2 bridgehead atoms. The highest BCUT2D eigenvalue weighted by Crippen LogP contribution is 2.79. The molecule has 30 heavy (non-hydrogen) atoms. The van der Waals surface area contributed by atoms with Crippen LogP contribution in [0.5, 0.6) is 0 Å². The second kappa shape index (κ2) is 8.61. The summed E-state index contributed by atoms with van der Waals surface area (Å²) in [5, 5.41) is 2.99. The largest absolute Gasteiger partial charge is 0.388 e. The Balaban J connectivity index is 0.000000645. The summed E-state index contributed by atoms with van der Waals surface area (Å²) >= 11 is 0. The summed E-state index contributed by atoms with van der Waals surface area (Å²) < 4.78 is 9.97. The number of hydrogen-bond acceptors (Lipinski definition) is 5. The van der Waals surface area contributed by atoms with Crippen molar-refractivity contribution in [3.05, 3.63) is 47.7 Å². The molecule has 5 rings (SSSR count). The van der Waals surface area contributed by atoms with Crippen LogP contribution >= 0.6 is 0 Å². The van der Waals surface area contributed by atoms with Crippen molar-refractivity contribution in [3.8, 4) is 0 Å². The molecule has 1 amide bonds. The number of benzene rings is 1. The lowest BCUT2D eigenvalue weighted by atomic mass is 9.84. The number of amides is 1. The van der Waals surface area contributed by atoms with Crippen LogP contribution in [0.25, 0.3) is 0 Å². The Kier molecular flexibility index (Phi) is 6.09. The van der Waals surface area contributed by atoms with Crippen molar-refractivity contribution in [3.63, 3.8) is 0 Å². The summed E-state index contributed by atoms with van der Waals surface area (Å²) in [7, 11) is 3.25. The molecule has 6 nitrogen and oxygen atoms in total. The molecule has 4 fully saturated rings. The second-order valence-electron chi connectivity index (χ2n) is 9.26. The number of morpholine rings is 1. The monoisotopic (exact) mass is 414 g/mol. The molecule has 1 spiro atoms. The zero-order valence-corrected chi connectivity index (χ0v) is 17.9. The summed E-state index contributed by atoms with van der Waals surface area (Å²) in [5.74, 6) is 0.587. The van der Waals surface area contributed by atoms with Crippen molar-refractivity contribution < 1.29 is 20.5 Å². The summed E-state index contributed by atoms with van der Waals surface area (Å²) in [5.41, 5.74) is 2.60. The van der Waals surface area contributed by atoms with E-state index in [1.807, 2.05) is 24.4 Å².